The van der Waals surface area contributed by atoms with Crippen LogP contribution in [0.4, 0.5) is 0 Å². The molecule has 27 heavy (non-hydrogen) atoms. The van der Waals surface area contributed by atoms with Crippen LogP contribution in [-0.4, -0.2) is 44.7 Å². The fourth-order valence-corrected chi connectivity index (χ4v) is 3.68. The Hall–Kier alpha value is -2.69. The molecule has 144 valence electrons. The molecule has 1 unspecified atom stereocenters. The minimum Gasteiger partial charge on any atom is -0.493 e. The summed E-state index contributed by atoms with van der Waals surface area (Å²) in [5.74, 6) is 1.49. The van der Waals surface area contributed by atoms with Gasteiger partial charge in [0, 0.05) is 18.2 Å². The molecule has 0 radical (unpaired) electrons. The van der Waals surface area contributed by atoms with Crippen LogP contribution in [0, 0.1) is 6.92 Å². The lowest BCUT2D eigenvalue weighted by molar-refractivity contribution is 0.0735. The molecule has 1 aliphatic rings. The highest BCUT2D eigenvalue weighted by Crippen LogP contribution is 2.39. The Morgan fingerprint density at radius 1 is 1.04 bits per heavy atom. The van der Waals surface area contributed by atoms with E-state index >= 15 is 0 Å². The van der Waals surface area contributed by atoms with Crippen molar-refractivity contribution in [1.29, 1.82) is 0 Å². The third-order valence-electron chi connectivity index (χ3n) is 5.14. The minimum absolute atomic E-state index is 0.00358. The zero-order chi connectivity index (χ0) is 19.4. The molecular formula is C22H27NO4. The maximum atomic E-state index is 13.2. The average molecular weight is 369 g/mol. The van der Waals surface area contributed by atoms with Gasteiger partial charge in [-0.3, -0.25) is 4.79 Å². The summed E-state index contributed by atoms with van der Waals surface area (Å²) >= 11 is 0. The van der Waals surface area contributed by atoms with E-state index in [0.717, 1.165) is 25.8 Å². The molecule has 2 aromatic rings. The van der Waals surface area contributed by atoms with E-state index in [1.807, 2.05) is 4.90 Å². The smallest absolute Gasteiger partial charge is 0.254 e. The zero-order valence-electron chi connectivity index (χ0n) is 16.5. The largest absolute Gasteiger partial charge is 0.493 e. The molecule has 1 heterocycles. The van der Waals surface area contributed by atoms with Gasteiger partial charge in [-0.1, -0.05) is 29.8 Å². The Balaban J connectivity index is 1.84. The van der Waals surface area contributed by atoms with Crippen LogP contribution in [0.25, 0.3) is 0 Å². The second-order valence-corrected chi connectivity index (χ2v) is 6.90. The molecule has 1 aliphatic heterocycles. The number of nitrogens with zero attached hydrogens (tertiary/aromatic N) is 1. The number of likely N-dealkylation sites (tertiary alicyclic amines) is 1. The van der Waals surface area contributed by atoms with Crippen LogP contribution < -0.4 is 14.2 Å². The molecule has 2 aromatic carbocycles. The van der Waals surface area contributed by atoms with E-state index in [9.17, 15) is 4.79 Å². The van der Waals surface area contributed by atoms with Gasteiger partial charge in [0.2, 0.25) is 5.75 Å². The van der Waals surface area contributed by atoms with E-state index in [1.165, 1.54) is 11.1 Å². The Bertz CT molecular complexity index is 775. The number of carbonyl (C=O) groups excluding carboxylic acids is 1. The van der Waals surface area contributed by atoms with Crippen molar-refractivity contribution in [1.82, 2.24) is 4.90 Å². The number of carbonyl (C=O) groups is 1. The minimum atomic E-state index is 0.00358. The Morgan fingerprint density at radius 3 is 2.22 bits per heavy atom. The highest BCUT2D eigenvalue weighted by atomic mass is 16.5. The van der Waals surface area contributed by atoms with Gasteiger partial charge < -0.3 is 19.1 Å². The van der Waals surface area contributed by atoms with Gasteiger partial charge in [0.15, 0.2) is 11.5 Å². The Kier molecular flexibility index (Phi) is 5.89. The first-order valence-corrected chi connectivity index (χ1v) is 9.24. The monoisotopic (exact) mass is 369 g/mol. The highest BCUT2D eigenvalue weighted by Gasteiger charge is 2.30. The molecule has 0 bridgehead atoms. The fraction of sp³-hybridized carbons (Fsp3) is 0.409. The molecule has 1 fully saturated rings. The second kappa shape index (κ2) is 8.33. The molecule has 1 atom stereocenters. The van der Waals surface area contributed by atoms with Crippen molar-refractivity contribution in [3.8, 4) is 17.2 Å². The van der Waals surface area contributed by atoms with Crippen molar-refractivity contribution < 1.29 is 19.0 Å². The van der Waals surface area contributed by atoms with Gasteiger partial charge in [0.25, 0.3) is 5.91 Å². The number of hydrogen-bond donors (Lipinski definition) is 0. The summed E-state index contributed by atoms with van der Waals surface area (Å²) in [6.45, 7) is 2.85. The topological polar surface area (TPSA) is 48.0 Å². The molecule has 1 saturated heterocycles. The molecule has 5 heteroatoms. The van der Waals surface area contributed by atoms with Crippen LogP contribution in [0.5, 0.6) is 17.2 Å². The lowest BCUT2D eigenvalue weighted by Crippen LogP contribution is -2.36. The third kappa shape index (κ3) is 4.02. The van der Waals surface area contributed by atoms with Crippen molar-refractivity contribution >= 4 is 5.91 Å². The molecule has 1 amide bonds. The number of ether oxygens (including phenoxy) is 3. The van der Waals surface area contributed by atoms with Crippen LogP contribution in [0.3, 0.4) is 0 Å². The van der Waals surface area contributed by atoms with Crippen molar-refractivity contribution in [2.45, 2.75) is 32.2 Å². The standard InChI is InChI=1S/C22H27NO4/c1-15-7-9-16(10-8-15)12-18-6-5-11-23(18)22(24)17-13-19(25-2)21(27-4)20(14-17)26-3/h7-10,13-14,18H,5-6,11-12H2,1-4H3. The van der Waals surface area contributed by atoms with Gasteiger partial charge in [-0.25, -0.2) is 0 Å². The van der Waals surface area contributed by atoms with Crippen LogP contribution in [0.1, 0.15) is 34.3 Å². The van der Waals surface area contributed by atoms with Crippen LogP contribution in [-0.2, 0) is 6.42 Å². The molecule has 0 spiro atoms. The summed E-state index contributed by atoms with van der Waals surface area (Å²) in [5, 5.41) is 0. The van der Waals surface area contributed by atoms with Crippen molar-refractivity contribution in [3.05, 3.63) is 53.1 Å². The summed E-state index contributed by atoms with van der Waals surface area (Å²) in [7, 11) is 4.67. The maximum absolute atomic E-state index is 13.2. The van der Waals surface area contributed by atoms with Crippen molar-refractivity contribution in [2.75, 3.05) is 27.9 Å². The van der Waals surface area contributed by atoms with Gasteiger partial charge in [0.05, 0.1) is 21.3 Å². The fourth-order valence-electron chi connectivity index (χ4n) is 3.68. The van der Waals surface area contributed by atoms with E-state index in [1.54, 1.807) is 33.5 Å². The van der Waals surface area contributed by atoms with E-state index in [0.29, 0.717) is 22.8 Å². The van der Waals surface area contributed by atoms with Crippen molar-refractivity contribution in [3.63, 3.8) is 0 Å². The zero-order valence-corrected chi connectivity index (χ0v) is 16.5. The van der Waals surface area contributed by atoms with E-state index in [-0.39, 0.29) is 11.9 Å². The van der Waals surface area contributed by atoms with Gasteiger partial charge in [-0.2, -0.15) is 0 Å². The summed E-state index contributed by atoms with van der Waals surface area (Å²) in [6, 6.07) is 12.2. The number of amides is 1. The van der Waals surface area contributed by atoms with Crippen LogP contribution in [0.15, 0.2) is 36.4 Å². The second-order valence-electron chi connectivity index (χ2n) is 6.90. The van der Waals surface area contributed by atoms with Crippen LogP contribution >= 0.6 is 0 Å². The average Bonchev–Trinajstić information content (AvgIpc) is 3.15. The molecular weight excluding hydrogens is 342 g/mol. The van der Waals surface area contributed by atoms with Crippen LogP contribution in [0.2, 0.25) is 0 Å². The summed E-state index contributed by atoms with van der Waals surface area (Å²) < 4.78 is 16.1. The van der Waals surface area contributed by atoms with E-state index in [4.69, 9.17) is 14.2 Å². The first-order valence-electron chi connectivity index (χ1n) is 9.24. The SMILES string of the molecule is COc1cc(C(=O)N2CCCC2Cc2ccc(C)cc2)cc(OC)c1OC. The number of hydrogen-bond acceptors (Lipinski definition) is 4. The predicted octanol–water partition coefficient (Wildman–Crippen LogP) is 3.87. The maximum Gasteiger partial charge on any atom is 0.254 e. The predicted molar refractivity (Wildman–Crippen MR) is 105 cm³/mol. The molecule has 0 aromatic heterocycles. The first kappa shape index (κ1) is 19.1. The normalized spacial score (nSPS) is 16.3. The number of methoxy groups -OCH3 is 3. The van der Waals surface area contributed by atoms with E-state index < -0.39 is 0 Å². The molecule has 5 nitrogen and oxygen atoms in total. The van der Waals surface area contributed by atoms with Gasteiger partial charge in [-0.05, 0) is 43.9 Å². The summed E-state index contributed by atoms with van der Waals surface area (Å²) in [4.78, 5) is 15.2. The lowest BCUT2D eigenvalue weighted by atomic mass is 10.0. The highest BCUT2D eigenvalue weighted by molar-refractivity contribution is 5.96. The van der Waals surface area contributed by atoms with Gasteiger partial charge in [-0.15, -0.1) is 0 Å². The molecule has 3 rings (SSSR count). The van der Waals surface area contributed by atoms with E-state index in [2.05, 4.69) is 31.2 Å². The first-order chi connectivity index (χ1) is 13.1. The number of aryl methyl sites for hydroxylation is 1. The quantitative estimate of drug-likeness (QED) is 0.776. The lowest BCUT2D eigenvalue weighted by Gasteiger charge is -2.25. The van der Waals surface area contributed by atoms with Gasteiger partial charge in [0.1, 0.15) is 0 Å². The molecule has 0 saturated carbocycles. The number of rotatable bonds is 6. The summed E-state index contributed by atoms with van der Waals surface area (Å²) in [5.41, 5.74) is 3.06. The Labute approximate surface area is 160 Å². The Morgan fingerprint density at radius 2 is 1.67 bits per heavy atom. The number of benzene rings is 2. The van der Waals surface area contributed by atoms with Crippen molar-refractivity contribution in [2.24, 2.45) is 0 Å². The summed E-state index contributed by atoms with van der Waals surface area (Å²) in [6.07, 6.45) is 2.91. The molecule has 0 aliphatic carbocycles. The molecule has 0 N–H and O–H groups in total. The van der Waals surface area contributed by atoms with Gasteiger partial charge >= 0.3 is 0 Å². The third-order valence-corrected chi connectivity index (χ3v) is 5.14.